The van der Waals surface area contributed by atoms with Gasteiger partial charge in [0.25, 0.3) is 0 Å². The number of hydrogen-bond donors (Lipinski definition) is 1. The number of nitrogens with one attached hydrogen (secondary N) is 1. The number of alkyl halides is 4. The Morgan fingerprint density at radius 1 is 0.644 bits per heavy atom. The fourth-order valence-electron chi connectivity index (χ4n) is 9.67. The van der Waals surface area contributed by atoms with Gasteiger partial charge in [0.1, 0.15) is 70.1 Å². The van der Waals surface area contributed by atoms with Gasteiger partial charge in [-0.15, -0.1) is 0 Å². The van der Waals surface area contributed by atoms with Gasteiger partial charge in [-0.05, 0) is 113 Å². The molecule has 388 valence electrons. The second-order valence-corrected chi connectivity index (χ2v) is 19.1. The van der Waals surface area contributed by atoms with Gasteiger partial charge in [0, 0.05) is 68.0 Å². The van der Waals surface area contributed by atoms with Crippen LogP contribution in [-0.4, -0.2) is 107 Å². The Kier molecular flexibility index (Phi) is 16.0. The molecule has 0 radical (unpaired) electrons. The summed E-state index contributed by atoms with van der Waals surface area (Å²) in [5.74, 6) is 1.43. The number of benzene rings is 2. The molecular weight excluding hydrogens is 953 g/mol. The highest BCUT2D eigenvalue weighted by Gasteiger charge is 2.32. The van der Waals surface area contributed by atoms with Crippen molar-refractivity contribution >= 4 is 28.8 Å². The molecule has 4 aliphatic rings. The normalized spacial score (nSPS) is 17.8. The number of carbonyl (C=O) groups is 3. The summed E-state index contributed by atoms with van der Waals surface area (Å²) in [6, 6.07) is 13.8. The van der Waals surface area contributed by atoms with Crippen LogP contribution in [0.25, 0.3) is 33.8 Å². The SMILES string of the molecule is COc1cc(-c2cnc3cc(OCC4CCCCN4)ccn23)cc(OC(F)F)c1C(=O)CC1CC1.COc1cc(-c2cnc3cc(OCC4CCCCN4C(C)=O)ccn23)cc(OC(F)F)c1C(=O)CC1CC1. The predicted octanol–water partition coefficient (Wildman–Crippen LogP) is 10.5. The molecule has 0 bridgehead atoms. The van der Waals surface area contributed by atoms with E-state index >= 15 is 0 Å². The number of amides is 1. The van der Waals surface area contributed by atoms with E-state index in [9.17, 15) is 31.9 Å². The molecule has 19 heteroatoms. The fourth-order valence-corrected chi connectivity index (χ4v) is 9.67. The first-order valence-electron chi connectivity index (χ1n) is 25.0. The lowest BCUT2D eigenvalue weighted by Crippen LogP contribution is -2.45. The van der Waals surface area contributed by atoms with E-state index in [-0.39, 0.29) is 70.0 Å². The van der Waals surface area contributed by atoms with Crippen molar-refractivity contribution in [2.75, 3.05) is 40.5 Å². The van der Waals surface area contributed by atoms with Crippen LogP contribution in [0.3, 0.4) is 0 Å². The van der Waals surface area contributed by atoms with Gasteiger partial charge < -0.3 is 38.6 Å². The maximum Gasteiger partial charge on any atom is 0.387 e. The van der Waals surface area contributed by atoms with Gasteiger partial charge in [0.2, 0.25) is 5.91 Å². The van der Waals surface area contributed by atoms with E-state index < -0.39 is 13.2 Å². The van der Waals surface area contributed by atoms with Gasteiger partial charge in [-0.25, -0.2) is 9.97 Å². The number of pyridine rings is 2. The third-order valence-corrected chi connectivity index (χ3v) is 13.8. The highest BCUT2D eigenvalue weighted by Crippen LogP contribution is 2.42. The minimum Gasteiger partial charge on any atom is -0.496 e. The zero-order chi connectivity index (χ0) is 51.2. The Bertz CT molecular complexity index is 2930. The summed E-state index contributed by atoms with van der Waals surface area (Å²) >= 11 is 0. The molecule has 15 nitrogen and oxygen atoms in total. The number of rotatable bonds is 20. The van der Waals surface area contributed by atoms with Crippen LogP contribution in [0.5, 0.6) is 34.5 Å². The van der Waals surface area contributed by atoms with Crippen molar-refractivity contribution in [3.05, 3.63) is 84.4 Å². The van der Waals surface area contributed by atoms with Crippen molar-refractivity contribution < 1.29 is 60.4 Å². The monoisotopic (exact) mass is 1010 g/mol. The average Bonchev–Trinajstić information content (AvgIpc) is 4.30. The average molecular weight is 1010 g/mol. The maximum absolute atomic E-state index is 13.3. The molecule has 2 atom stereocenters. The molecule has 6 heterocycles. The van der Waals surface area contributed by atoms with Crippen LogP contribution >= 0.6 is 0 Å². The number of hydrogen-bond acceptors (Lipinski definition) is 12. The third kappa shape index (κ3) is 12.5. The minimum atomic E-state index is -3.09. The van der Waals surface area contributed by atoms with E-state index in [0.717, 1.165) is 64.5 Å². The molecule has 10 rings (SSSR count). The highest BCUT2D eigenvalue weighted by molar-refractivity contribution is 6.03. The van der Waals surface area contributed by atoms with Crippen molar-refractivity contribution in [1.29, 1.82) is 0 Å². The smallest absolute Gasteiger partial charge is 0.387 e. The first-order chi connectivity index (χ1) is 35.3. The van der Waals surface area contributed by atoms with E-state index in [4.69, 9.17) is 28.4 Å². The van der Waals surface area contributed by atoms with Gasteiger partial charge in [0.15, 0.2) is 11.6 Å². The fraction of sp³-hybridized carbons (Fsp3) is 0.463. The number of ketones is 2. The van der Waals surface area contributed by atoms with Crippen molar-refractivity contribution in [3.8, 4) is 57.0 Å². The summed E-state index contributed by atoms with van der Waals surface area (Å²) in [5.41, 5.74) is 3.67. The first-order valence-corrected chi connectivity index (χ1v) is 25.0. The van der Waals surface area contributed by atoms with Gasteiger partial charge in [0.05, 0.1) is 44.0 Å². The number of likely N-dealkylation sites (tertiary alicyclic amines) is 1. The summed E-state index contributed by atoms with van der Waals surface area (Å²) in [7, 11) is 2.81. The molecule has 2 aromatic carbocycles. The second kappa shape index (κ2) is 22.9. The number of piperidine rings is 2. The van der Waals surface area contributed by atoms with Crippen molar-refractivity contribution in [3.63, 3.8) is 0 Å². The zero-order valence-electron chi connectivity index (χ0n) is 41.1. The van der Waals surface area contributed by atoms with E-state index in [0.29, 0.717) is 76.9 Å². The molecule has 1 N–H and O–H groups in total. The highest BCUT2D eigenvalue weighted by atomic mass is 19.3. The Hall–Kier alpha value is -6.89. The molecule has 2 aliphatic carbocycles. The Morgan fingerprint density at radius 2 is 1.14 bits per heavy atom. The summed E-state index contributed by atoms with van der Waals surface area (Å²) < 4.78 is 89.2. The van der Waals surface area contributed by atoms with Crippen molar-refractivity contribution in [2.45, 2.75) is 109 Å². The van der Waals surface area contributed by atoms with E-state index in [2.05, 4.69) is 15.3 Å². The number of nitrogens with zero attached hydrogens (tertiary/aromatic N) is 5. The van der Waals surface area contributed by atoms with Gasteiger partial charge >= 0.3 is 13.2 Å². The van der Waals surface area contributed by atoms with E-state index in [1.807, 2.05) is 27.6 Å². The zero-order valence-corrected chi connectivity index (χ0v) is 41.1. The van der Waals surface area contributed by atoms with Gasteiger partial charge in [-0.1, -0.05) is 6.42 Å². The third-order valence-electron chi connectivity index (χ3n) is 13.8. The summed E-state index contributed by atoms with van der Waals surface area (Å²) in [6.07, 6.45) is 17.8. The number of carbonyl (C=O) groups excluding carboxylic acids is 3. The van der Waals surface area contributed by atoms with Crippen LogP contribution in [0, 0.1) is 11.8 Å². The molecule has 0 spiro atoms. The number of methoxy groups -OCH3 is 2. The molecule has 2 unspecified atom stereocenters. The molecule has 2 saturated heterocycles. The number of imidazole rings is 2. The lowest BCUT2D eigenvalue weighted by molar-refractivity contribution is -0.133. The number of halogens is 4. The summed E-state index contributed by atoms with van der Waals surface area (Å²) in [6.45, 7) is -1.83. The predicted molar refractivity (Wildman–Crippen MR) is 263 cm³/mol. The summed E-state index contributed by atoms with van der Waals surface area (Å²) in [4.78, 5) is 48.5. The molecule has 2 aliphatic heterocycles. The van der Waals surface area contributed by atoms with Crippen molar-refractivity contribution in [1.82, 2.24) is 29.0 Å². The van der Waals surface area contributed by atoms with Gasteiger partial charge in [-0.2, -0.15) is 17.6 Å². The van der Waals surface area contributed by atoms with E-state index in [1.165, 1.54) is 39.2 Å². The largest absolute Gasteiger partial charge is 0.496 e. The molecule has 6 aromatic rings. The Morgan fingerprint density at radius 3 is 1.59 bits per heavy atom. The Labute approximate surface area is 420 Å². The summed E-state index contributed by atoms with van der Waals surface area (Å²) in [5, 5.41) is 3.46. The number of aromatic nitrogens is 4. The quantitative estimate of drug-likeness (QED) is 0.0571. The van der Waals surface area contributed by atoms with Crippen LogP contribution in [0.4, 0.5) is 17.6 Å². The topological polar surface area (TPSA) is 156 Å². The van der Waals surface area contributed by atoms with Crippen LogP contribution in [0.15, 0.2) is 73.3 Å². The number of ether oxygens (including phenoxy) is 6. The molecule has 4 aromatic heterocycles. The van der Waals surface area contributed by atoms with Crippen molar-refractivity contribution in [2.24, 2.45) is 11.8 Å². The van der Waals surface area contributed by atoms with Gasteiger partial charge in [-0.3, -0.25) is 23.2 Å². The minimum absolute atomic E-state index is 0.0367. The molecule has 2 saturated carbocycles. The first kappa shape index (κ1) is 51.0. The van der Waals surface area contributed by atoms with Crippen LogP contribution in [0.2, 0.25) is 0 Å². The second-order valence-electron chi connectivity index (χ2n) is 19.1. The maximum atomic E-state index is 13.3. The number of Topliss-reactive ketones (excluding diaryl/α,β-unsaturated/α-hetero) is 2. The Balaban J connectivity index is 0.000000180. The van der Waals surface area contributed by atoms with Crippen LogP contribution in [-0.2, 0) is 4.79 Å². The molecule has 73 heavy (non-hydrogen) atoms. The molecular formula is C54H60F4N6O9. The lowest BCUT2D eigenvalue weighted by Gasteiger charge is -2.34. The van der Waals surface area contributed by atoms with Crippen LogP contribution < -0.4 is 33.7 Å². The number of fused-ring (bicyclic) bond motifs is 2. The molecule has 4 fully saturated rings. The van der Waals surface area contributed by atoms with Crippen LogP contribution in [0.1, 0.15) is 105 Å². The lowest BCUT2D eigenvalue weighted by atomic mass is 10.00. The standard InChI is InChI=1S/C28H31F2N3O5.C26H29F2N3O4/c1-17(34)32-9-4-3-5-20(32)16-37-21-8-10-33-22(15-31-26(33)14-21)19-12-24(36-2)27(23(35)11-18-6-7-18)25(13-19)38-28(29)30;1-33-22-11-17(12-23(35-26(27)28)25(22)21(32)10-16-5-6-16)20-14-30-24-13-19(7-9-31(20)24)34-15-18-4-2-3-8-29-18/h8,10,12-15,18,20,28H,3-7,9,11,16H2,1-2H3;7,9,11-14,16,18,26,29H,2-6,8,10,15H2,1H3. The van der Waals surface area contributed by atoms with E-state index in [1.54, 1.807) is 54.2 Å². The molecule has 1 amide bonds.